The average molecular weight is 315 g/mol. The lowest BCUT2D eigenvalue weighted by atomic mass is 10.3. The van der Waals surface area contributed by atoms with Gasteiger partial charge in [-0.15, -0.1) is 0 Å². The maximum absolute atomic E-state index is 12.0. The molecule has 20 heavy (non-hydrogen) atoms. The first-order valence-corrected chi connectivity index (χ1v) is 6.69. The van der Waals surface area contributed by atoms with E-state index in [1.54, 1.807) is 0 Å². The second kappa shape index (κ2) is 5.42. The molecule has 0 aliphatic heterocycles. The van der Waals surface area contributed by atoms with Gasteiger partial charge in [0.25, 0.3) is 5.91 Å². The van der Waals surface area contributed by atoms with Gasteiger partial charge in [-0.2, -0.15) is 13.2 Å². The van der Waals surface area contributed by atoms with Gasteiger partial charge in [0.05, 0.1) is 6.54 Å². The number of amides is 1. The number of hydrogen-bond acceptors (Lipinski definition) is 4. The lowest BCUT2D eigenvalue weighted by Gasteiger charge is -2.15. The second-order valence-electron chi connectivity index (χ2n) is 3.98. The van der Waals surface area contributed by atoms with Crippen LogP contribution in [-0.4, -0.2) is 42.8 Å². The fourth-order valence-corrected chi connectivity index (χ4v) is 1.89. The fourth-order valence-electron chi connectivity index (χ4n) is 1.31. The van der Waals surface area contributed by atoms with Crippen LogP contribution < -0.4 is 10.5 Å². The van der Waals surface area contributed by atoms with Crippen molar-refractivity contribution < 1.29 is 31.5 Å². The number of carbonyl (C=O) groups excluding carboxylic acids is 1. The predicted octanol–water partition coefficient (Wildman–Crippen LogP) is -0.675. The number of nitrogens with two attached hydrogens (primary N) is 1. The van der Waals surface area contributed by atoms with Gasteiger partial charge >= 0.3 is 6.18 Å². The minimum atomic E-state index is -4.85. The Morgan fingerprint density at radius 2 is 2.10 bits per heavy atom. The molecule has 114 valence electrons. The van der Waals surface area contributed by atoms with Gasteiger partial charge in [-0.1, -0.05) is 0 Å². The molecule has 7 nitrogen and oxygen atoms in total. The van der Waals surface area contributed by atoms with Gasteiger partial charge in [-0.05, 0) is 6.07 Å². The van der Waals surface area contributed by atoms with Crippen LogP contribution in [0.15, 0.2) is 17.2 Å². The highest BCUT2D eigenvalue weighted by molar-refractivity contribution is 7.89. The third-order valence-corrected chi connectivity index (χ3v) is 3.26. The molecule has 0 saturated heterocycles. The summed E-state index contributed by atoms with van der Waals surface area (Å²) < 4.78 is 59.3. The standard InChI is InChI=1S/C9H12F3N3O4S/c1-15-4-5(20(13,18)19)2-6(15)8(17)14-3-7(16)9(10,11)12/h2,4,7,16H,3H2,1H3,(H,14,17)(H2,13,18,19). The van der Waals surface area contributed by atoms with Crippen LogP contribution in [0.25, 0.3) is 0 Å². The number of halogens is 3. The number of hydrogen-bond donors (Lipinski definition) is 3. The Bertz CT molecular complexity index is 608. The van der Waals surface area contributed by atoms with Crippen molar-refractivity contribution in [1.29, 1.82) is 0 Å². The van der Waals surface area contributed by atoms with Crippen LogP contribution >= 0.6 is 0 Å². The largest absolute Gasteiger partial charge is 0.416 e. The monoisotopic (exact) mass is 315 g/mol. The van der Waals surface area contributed by atoms with Gasteiger partial charge < -0.3 is 15.0 Å². The van der Waals surface area contributed by atoms with Crippen molar-refractivity contribution in [2.45, 2.75) is 17.2 Å². The Hall–Kier alpha value is -1.59. The zero-order valence-electron chi connectivity index (χ0n) is 10.2. The number of nitrogens with zero attached hydrogens (tertiary/aromatic N) is 1. The molecule has 1 amide bonds. The molecule has 0 aliphatic carbocycles. The Kier molecular flexibility index (Phi) is 4.46. The number of primary sulfonamides is 1. The summed E-state index contributed by atoms with van der Waals surface area (Å²) in [5.41, 5.74) is -0.205. The molecule has 0 bridgehead atoms. The van der Waals surface area contributed by atoms with E-state index in [-0.39, 0.29) is 10.6 Å². The van der Waals surface area contributed by atoms with Crippen molar-refractivity contribution >= 4 is 15.9 Å². The fraction of sp³-hybridized carbons (Fsp3) is 0.444. The SMILES string of the molecule is Cn1cc(S(N)(=O)=O)cc1C(=O)NCC(O)C(F)(F)F. The van der Waals surface area contributed by atoms with E-state index >= 15 is 0 Å². The smallest absolute Gasteiger partial charge is 0.382 e. The van der Waals surface area contributed by atoms with E-state index in [9.17, 15) is 26.4 Å². The Balaban J connectivity index is 2.82. The molecule has 1 atom stereocenters. The average Bonchev–Trinajstić information content (AvgIpc) is 2.66. The number of alkyl halides is 3. The first-order valence-electron chi connectivity index (χ1n) is 5.15. The van der Waals surface area contributed by atoms with E-state index in [0.717, 1.165) is 16.8 Å². The van der Waals surface area contributed by atoms with Gasteiger partial charge in [0, 0.05) is 13.2 Å². The number of aliphatic hydroxyl groups excluding tert-OH is 1. The number of aliphatic hydroxyl groups is 1. The maximum atomic E-state index is 12.0. The third-order valence-electron chi connectivity index (χ3n) is 2.37. The van der Waals surface area contributed by atoms with Crippen molar-refractivity contribution in [3.8, 4) is 0 Å². The van der Waals surface area contributed by atoms with Crippen LogP contribution in [0, 0.1) is 0 Å². The van der Waals surface area contributed by atoms with E-state index in [4.69, 9.17) is 10.2 Å². The summed E-state index contributed by atoms with van der Waals surface area (Å²) in [5.74, 6) is -0.967. The quantitative estimate of drug-likeness (QED) is 0.683. The lowest BCUT2D eigenvalue weighted by molar-refractivity contribution is -0.201. The zero-order chi connectivity index (χ0) is 15.7. The first kappa shape index (κ1) is 16.5. The van der Waals surface area contributed by atoms with E-state index in [1.807, 2.05) is 5.32 Å². The first-order chi connectivity index (χ1) is 8.93. The molecule has 0 saturated carbocycles. The molecule has 0 aliphatic rings. The van der Waals surface area contributed by atoms with Crippen molar-refractivity contribution in [3.63, 3.8) is 0 Å². The summed E-state index contributed by atoms with van der Waals surface area (Å²) in [6.07, 6.45) is -6.51. The van der Waals surface area contributed by atoms with Crippen molar-refractivity contribution in [3.05, 3.63) is 18.0 Å². The minimum Gasteiger partial charge on any atom is -0.382 e. The minimum absolute atomic E-state index is 0.205. The van der Waals surface area contributed by atoms with Gasteiger partial charge in [0.2, 0.25) is 10.0 Å². The zero-order valence-corrected chi connectivity index (χ0v) is 11.0. The van der Waals surface area contributed by atoms with Crippen molar-refractivity contribution in [2.24, 2.45) is 12.2 Å². The molecule has 0 fully saturated rings. The maximum Gasteiger partial charge on any atom is 0.416 e. The molecule has 1 aromatic rings. The summed E-state index contributed by atoms with van der Waals surface area (Å²) in [6, 6.07) is 0.921. The number of aromatic nitrogens is 1. The molecule has 4 N–H and O–H groups in total. The summed E-state index contributed by atoms with van der Waals surface area (Å²) in [6.45, 7) is -1.04. The number of nitrogens with one attached hydrogen (secondary N) is 1. The molecular weight excluding hydrogens is 303 g/mol. The summed E-state index contributed by atoms with van der Waals surface area (Å²) in [4.78, 5) is 11.2. The van der Waals surface area contributed by atoms with E-state index < -0.39 is 34.8 Å². The summed E-state index contributed by atoms with van der Waals surface area (Å²) >= 11 is 0. The Labute approximate surface area is 112 Å². The number of rotatable bonds is 4. The molecule has 1 aromatic heterocycles. The van der Waals surface area contributed by atoms with Crippen LogP contribution in [0.1, 0.15) is 10.5 Å². The van der Waals surface area contributed by atoms with Gasteiger partial charge in [-0.25, -0.2) is 13.6 Å². The normalized spacial score (nSPS) is 14.1. The highest BCUT2D eigenvalue weighted by Gasteiger charge is 2.38. The highest BCUT2D eigenvalue weighted by atomic mass is 32.2. The van der Waals surface area contributed by atoms with Crippen LogP contribution in [0.3, 0.4) is 0 Å². The van der Waals surface area contributed by atoms with Gasteiger partial charge in [0.15, 0.2) is 6.10 Å². The van der Waals surface area contributed by atoms with Crippen molar-refractivity contribution in [1.82, 2.24) is 9.88 Å². The molecule has 1 unspecified atom stereocenters. The second-order valence-corrected chi connectivity index (χ2v) is 5.55. The van der Waals surface area contributed by atoms with E-state index in [2.05, 4.69) is 0 Å². The predicted molar refractivity (Wildman–Crippen MR) is 61.2 cm³/mol. The van der Waals surface area contributed by atoms with Crippen LogP contribution in [0.2, 0.25) is 0 Å². The van der Waals surface area contributed by atoms with E-state index in [1.165, 1.54) is 7.05 Å². The molecule has 1 rings (SSSR count). The van der Waals surface area contributed by atoms with Crippen LogP contribution in [0.4, 0.5) is 13.2 Å². The molecular formula is C9H12F3N3O4S. The van der Waals surface area contributed by atoms with Gasteiger partial charge in [0.1, 0.15) is 10.6 Å². The number of carbonyl (C=O) groups is 1. The number of aryl methyl sites for hydroxylation is 1. The number of sulfonamides is 1. The molecule has 11 heteroatoms. The Morgan fingerprint density at radius 3 is 2.50 bits per heavy atom. The highest BCUT2D eigenvalue weighted by Crippen LogP contribution is 2.19. The molecule has 0 radical (unpaired) electrons. The molecule has 0 aromatic carbocycles. The Morgan fingerprint density at radius 1 is 1.55 bits per heavy atom. The van der Waals surface area contributed by atoms with Crippen molar-refractivity contribution in [2.75, 3.05) is 6.54 Å². The van der Waals surface area contributed by atoms with Crippen LogP contribution in [0.5, 0.6) is 0 Å². The van der Waals surface area contributed by atoms with Crippen LogP contribution in [-0.2, 0) is 17.1 Å². The molecule has 0 spiro atoms. The molecule has 1 heterocycles. The summed E-state index contributed by atoms with van der Waals surface area (Å²) in [5, 5.41) is 15.4. The lowest BCUT2D eigenvalue weighted by Crippen LogP contribution is -2.41. The summed E-state index contributed by atoms with van der Waals surface area (Å²) in [7, 11) is -2.70. The van der Waals surface area contributed by atoms with Gasteiger partial charge in [-0.3, -0.25) is 4.79 Å². The third kappa shape index (κ3) is 3.95. The topological polar surface area (TPSA) is 114 Å². The van der Waals surface area contributed by atoms with E-state index in [0.29, 0.717) is 0 Å².